The van der Waals surface area contributed by atoms with Gasteiger partial charge in [-0.1, -0.05) is 19.3 Å². The van der Waals surface area contributed by atoms with Crippen molar-refractivity contribution in [2.24, 2.45) is 0 Å². The first-order valence-corrected chi connectivity index (χ1v) is 8.35. The highest BCUT2D eigenvalue weighted by Crippen LogP contribution is 2.20. The van der Waals surface area contributed by atoms with Crippen molar-refractivity contribution in [3.8, 4) is 5.75 Å². The van der Waals surface area contributed by atoms with E-state index in [0.29, 0.717) is 24.9 Å². The van der Waals surface area contributed by atoms with E-state index in [1.165, 1.54) is 43.5 Å². The lowest BCUT2D eigenvalue weighted by molar-refractivity contribution is -0.0498. The zero-order chi connectivity index (χ0) is 17.2. The molecule has 0 aromatic heterocycles. The molecule has 0 saturated heterocycles. The fourth-order valence-corrected chi connectivity index (χ4v) is 2.65. The molecule has 134 valence electrons. The van der Waals surface area contributed by atoms with E-state index in [2.05, 4.69) is 15.4 Å². The Hall–Kier alpha value is -1.89. The molecule has 2 rings (SSSR count). The summed E-state index contributed by atoms with van der Waals surface area (Å²) in [4.78, 5) is 11.7. The van der Waals surface area contributed by atoms with E-state index in [9.17, 15) is 13.6 Å². The van der Waals surface area contributed by atoms with Gasteiger partial charge in [0, 0.05) is 18.8 Å². The highest BCUT2D eigenvalue weighted by Gasteiger charge is 2.13. The number of rotatable bonds is 8. The standard InChI is InChI=1S/C17H24F2N2O3/c18-16(19)24-15-9-7-13(8-10-15)21-17(22)20-11-4-12-23-14-5-2-1-3-6-14/h7-10,14,16H,1-6,11-12H2,(H2,20,21,22). The molecular formula is C17H24F2N2O3. The molecule has 0 spiro atoms. The molecule has 0 bridgehead atoms. The first-order chi connectivity index (χ1) is 11.6. The van der Waals surface area contributed by atoms with E-state index in [4.69, 9.17) is 4.74 Å². The van der Waals surface area contributed by atoms with Gasteiger partial charge in [0.2, 0.25) is 0 Å². The minimum absolute atomic E-state index is 0.0517. The number of anilines is 1. The molecule has 1 saturated carbocycles. The number of alkyl halides is 2. The molecule has 0 radical (unpaired) electrons. The summed E-state index contributed by atoms with van der Waals surface area (Å²) in [6, 6.07) is 5.42. The number of halogens is 2. The molecule has 2 amide bonds. The van der Waals surface area contributed by atoms with Crippen molar-refractivity contribution in [1.82, 2.24) is 5.32 Å². The topological polar surface area (TPSA) is 59.6 Å². The third kappa shape index (κ3) is 7.12. The van der Waals surface area contributed by atoms with Gasteiger partial charge in [-0.2, -0.15) is 8.78 Å². The Bertz CT molecular complexity index is 491. The minimum Gasteiger partial charge on any atom is -0.435 e. The predicted octanol–water partition coefficient (Wildman–Crippen LogP) is 4.15. The third-order valence-electron chi connectivity index (χ3n) is 3.85. The Morgan fingerprint density at radius 1 is 1.17 bits per heavy atom. The van der Waals surface area contributed by atoms with Gasteiger partial charge in [0.1, 0.15) is 5.75 Å². The fraction of sp³-hybridized carbons (Fsp3) is 0.588. The van der Waals surface area contributed by atoms with E-state index in [1.807, 2.05) is 0 Å². The summed E-state index contributed by atoms with van der Waals surface area (Å²) in [5.41, 5.74) is 0.507. The first kappa shape index (κ1) is 18.4. The van der Waals surface area contributed by atoms with Gasteiger partial charge < -0.3 is 20.1 Å². The number of nitrogens with one attached hydrogen (secondary N) is 2. The van der Waals surface area contributed by atoms with Gasteiger partial charge in [0.25, 0.3) is 0 Å². The molecule has 5 nitrogen and oxygen atoms in total. The number of carbonyl (C=O) groups excluding carboxylic acids is 1. The van der Waals surface area contributed by atoms with Crippen molar-refractivity contribution >= 4 is 11.7 Å². The summed E-state index contributed by atoms with van der Waals surface area (Å²) in [6.45, 7) is -1.70. The molecule has 24 heavy (non-hydrogen) atoms. The number of benzene rings is 1. The fourth-order valence-electron chi connectivity index (χ4n) is 2.65. The maximum Gasteiger partial charge on any atom is 0.387 e. The molecule has 7 heteroatoms. The predicted molar refractivity (Wildman–Crippen MR) is 87.5 cm³/mol. The van der Waals surface area contributed by atoms with E-state index in [1.54, 1.807) is 0 Å². The van der Waals surface area contributed by atoms with Crippen LogP contribution in [0.4, 0.5) is 19.3 Å². The van der Waals surface area contributed by atoms with Crippen molar-refractivity contribution in [3.63, 3.8) is 0 Å². The van der Waals surface area contributed by atoms with Gasteiger partial charge in [-0.3, -0.25) is 0 Å². The number of hydrogen-bond acceptors (Lipinski definition) is 3. The number of ether oxygens (including phenoxy) is 2. The van der Waals surface area contributed by atoms with Gasteiger partial charge in [0.05, 0.1) is 6.10 Å². The van der Waals surface area contributed by atoms with Crippen LogP contribution in [0.5, 0.6) is 5.75 Å². The quantitative estimate of drug-likeness (QED) is 0.698. The van der Waals surface area contributed by atoms with Crippen LogP contribution < -0.4 is 15.4 Å². The average Bonchev–Trinajstić information content (AvgIpc) is 2.57. The second-order valence-corrected chi connectivity index (χ2v) is 5.77. The average molecular weight is 342 g/mol. The van der Waals surface area contributed by atoms with Crippen LogP contribution in [-0.4, -0.2) is 31.9 Å². The Labute approximate surface area is 140 Å². The van der Waals surface area contributed by atoms with Gasteiger partial charge >= 0.3 is 12.6 Å². The molecule has 1 aromatic carbocycles. The molecule has 2 N–H and O–H groups in total. The molecule has 0 heterocycles. The lowest BCUT2D eigenvalue weighted by Gasteiger charge is -2.21. The van der Waals surface area contributed by atoms with Crippen LogP contribution in [0.25, 0.3) is 0 Å². The summed E-state index contributed by atoms with van der Waals surface area (Å²) < 4.78 is 34.1. The summed E-state index contributed by atoms with van der Waals surface area (Å²) in [5.74, 6) is 0.0517. The SMILES string of the molecule is O=C(NCCCOC1CCCCC1)Nc1ccc(OC(F)F)cc1. The van der Waals surface area contributed by atoms with E-state index >= 15 is 0 Å². The van der Waals surface area contributed by atoms with Crippen molar-refractivity contribution in [2.75, 3.05) is 18.5 Å². The Balaban J connectivity index is 1.57. The summed E-state index contributed by atoms with van der Waals surface area (Å²) in [7, 11) is 0. The van der Waals surface area contributed by atoms with Crippen LogP contribution >= 0.6 is 0 Å². The Morgan fingerprint density at radius 3 is 2.54 bits per heavy atom. The van der Waals surface area contributed by atoms with Gasteiger partial charge in [-0.25, -0.2) is 4.79 Å². The normalized spacial score (nSPS) is 15.3. The first-order valence-electron chi connectivity index (χ1n) is 8.35. The van der Waals surface area contributed by atoms with E-state index in [0.717, 1.165) is 19.3 Å². The summed E-state index contributed by atoms with van der Waals surface area (Å²) in [6.07, 6.45) is 7.20. The van der Waals surface area contributed by atoms with Gasteiger partial charge in [-0.05, 0) is 43.5 Å². The van der Waals surface area contributed by atoms with Crippen LogP contribution in [-0.2, 0) is 4.74 Å². The monoisotopic (exact) mass is 342 g/mol. The van der Waals surface area contributed by atoms with Crippen LogP contribution in [0.2, 0.25) is 0 Å². The lowest BCUT2D eigenvalue weighted by Crippen LogP contribution is -2.30. The smallest absolute Gasteiger partial charge is 0.387 e. The molecule has 1 fully saturated rings. The van der Waals surface area contributed by atoms with Crippen molar-refractivity contribution in [3.05, 3.63) is 24.3 Å². The third-order valence-corrected chi connectivity index (χ3v) is 3.85. The second kappa shape index (κ2) is 10.1. The number of urea groups is 1. The Morgan fingerprint density at radius 2 is 1.88 bits per heavy atom. The maximum absolute atomic E-state index is 12.0. The van der Waals surface area contributed by atoms with Gasteiger partial charge in [-0.15, -0.1) is 0 Å². The zero-order valence-electron chi connectivity index (χ0n) is 13.6. The number of carbonyl (C=O) groups is 1. The minimum atomic E-state index is -2.86. The Kier molecular flexibility index (Phi) is 7.74. The van der Waals surface area contributed by atoms with Crippen LogP contribution in [0.1, 0.15) is 38.5 Å². The maximum atomic E-state index is 12.0. The second-order valence-electron chi connectivity index (χ2n) is 5.77. The zero-order valence-corrected chi connectivity index (χ0v) is 13.6. The van der Waals surface area contributed by atoms with Crippen LogP contribution in [0.15, 0.2) is 24.3 Å². The van der Waals surface area contributed by atoms with Crippen molar-refractivity contribution in [1.29, 1.82) is 0 Å². The summed E-state index contributed by atoms with van der Waals surface area (Å²) in [5, 5.41) is 5.36. The van der Waals surface area contributed by atoms with Crippen molar-refractivity contribution < 1.29 is 23.0 Å². The highest BCUT2D eigenvalue weighted by atomic mass is 19.3. The van der Waals surface area contributed by atoms with E-state index < -0.39 is 6.61 Å². The molecule has 1 aliphatic carbocycles. The largest absolute Gasteiger partial charge is 0.435 e. The molecule has 0 aliphatic heterocycles. The molecule has 0 unspecified atom stereocenters. The molecule has 0 atom stereocenters. The molecule has 1 aliphatic rings. The molecule has 1 aromatic rings. The number of hydrogen-bond donors (Lipinski definition) is 2. The lowest BCUT2D eigenvalue weighted by atomic mass is 9.98. The van der Waals surface area contributed by atoms with Crippen LogP contribution in [0.3, 0.4) is 0 Å². The van der Waals surface area contributed by atoms with E-state index in [-0.39, 0.29) is 11.8 Å². The van der Waals surface area contributed by atoms with Crippen molar-refractivity contribution in [2.45, 2.75) is 51.2 Å². The van der Waals surface area contributed by atoms with Gasteiger partial charge in [0.15, 0.2) is 0 Å². The molecular weight excluding hydrogens is 318 g/mol. The van der Waals surface area contributed by atoms with Crippen LogP contribution in [0, 0.1) is 0 Å². The summed E-state index contributed by atoms with van der Waals surface area (Å²) >= 11 is 0. The highest BCUT2D eigenvalue weighted by molar-refractivity contribution is 5.89. The number of amides is 2.